The van der Waals surface area contributed by atoms with Crippen molar-refractivity contribution in [3.05, 3.63) is 76.3 Å². The third-order valence-electron chi connectivity index (χ3n) is 4.54. The van der Waals surface area contributed by atoms with Gasteiger partial charge in [-0.05, 0) is 31.0 Å². The van der Waals surface area contributed by atoms with Crippen molar-refractivity contribution in [3.63, 3.8) is 0 Å². The normalized spacial score (nSPS) is 13.1. The lowest BCUT2D eigenvalue weighted by Crippen LogP contribution is -2.33. The van der Waals surface area contributed by atoms with Crippen molar-refractivity contribution in [3.8, 4) is 10.6 Å². The first-order valence-corrected chi connectivity index (χ1v) is 10.1. The number of carboxylic acids is 1. The number of carbonyl (C=O) groups is 2. The molecule has 144 valence electrons. The monoisotopic (exact) mass is 413 g/mol. The third-order valence-corrected chi connectivity index (χ3v) is 5.72. The largest absolute Gasteiger partial charge is 0.481 e. The van der Waals surface area contributed by atoms with E-state index < -0.39 is 11.4 Å². The van der Waals surface area contributed by atoms with Crippen molar-refractivity contribution >= 4 is 34.7 Å². The molecule has 0 saturated carbocycles. The van der Waals surface area contributed by atoms with Gasteiger partial charge in [-0.3, -0.25) is 9.59 Å². The Hall–Kier alpha value is -2.50. The molecular weight excluding hydrogens is 394 g/mol. The standard InChI is InChI=1S/C22H20ClNO3S/c1-22(21(26)27,12-15-6-3-2-4-7-15)13-19(25)11-18-14-28-20(24-18)16-8-5-9-17(23)10-16/h2-10,14H,11-13H2,1H3,(H,26,27). The van der Waals surface area contributed by atoms with Gasteiger partial charge in [-0.25, -0.2) is 4.98 Å². The summed E-state index contributed by atoms with van der Waals surface area (Å²) in [5, 5.41) is 13.0. The first-order valence-electron chi connectivity index (χ1n) is 8.85. The number of Topliss-reactive ketones (excluding diaryl/α,β-unsaturated/α-hetero) is 1. The van der Waals surface area contributed by atoms with E-state index in [0.29, 0.717) is 17.1 Å². The number of aromatic nitrogens is 1. The third kappa shape index (κ3) is 5.06. The molecule has 0 aliphatic rings. The van der Waals surface area contributed by atoms with Gasteiger partial charge >= 0.3 is 5.97 Å². The topological polar surface area (TPSA) is 67.3 Å². The van der Waals surface area contributed by atoms with Crippen LogP contribution >= 0.6 is 22.9 Å². The summed E-state index contributed by atoms with van der Waals surface area (Å²) in [6, 6.07) is 16.8. The molecule has 1 unspecified atom stereocenters. The molecule has 1 atom stereocenters. The predicted molar refractivity (Wildman–Crippen MR) is 112 cm³/mol. The van der Waals surface area contributed by atoms with E-state index in [1.807, 2.05) is 53.9 Å². The second-order valence-electron chi connectivity index (χ2n) is 7.07. The van der Waals surface area contributed by atoms with Crippen LogP contribution in [0.1, 0.15) is 24.6 Å². The zero-order valence-corrected chi connectivity index (χ0v) is 17.0. The Balaban J connectivity index is 1.69. The van der Waals surface area contributed by atoms with Gasteiger partial charge in [0.05, 0.1) is 11.1 Å². The number of hydrogen-bond acceptors (Lipinski definition) is 4. The Labute approximate surface area is 172 Å². The molecule has 3 rings (SSSR count). The summed E-state index contributed by atoms with van der Waals surface area (Å²) in [5.74, 6) is -1.11. The summed E-state index contributed by atoms with van der Waals surface area (Å²) < 4.78 is 0. The maximum atomic E-state index is 12.6. The van der Waals surface area contributed by atoms with Gasteiger partial charge in [0.1, 0.15) is 10.8 Å². The fourth-order valence-corrected chi connectivity index (χ4v) is 4.11. The number of aliphatic carboxylic acids is 1. The highest BCUT2D eigenvalue weighted by Gasteiger charge is 2.35. The maximum Gasteiger partial charge on any atom is 0.310 e. The molecule has 1 aromatic heterocycles. The number of nitrogens with zero attached hydrogens (tertiary/aromatic N) is 1. The van der Waals surface area contributed by atoms with Gasteiger partial charge in [0, 0.05) is 28.8 Å². The van der Waals surface area contributed by atoms with Gasteiger partial charge in [0.25, 0.3) is 0 Å². The molecule has 0 fully saturated rings. The summed E-state index contributed by atoms with van der Waals surface area (Å²) in [6.45, 7) is 1.62. The molecule has 0 radical (unpaired) electrons. The first-order chi connectivity index (χ1) is 13.4. The molecule has 4 nitrogen and oxygen atoms in total. The van der Waals surface area contributed by atoms with E-state index in [1.54, 1.807) is 13.0 Å². The fraction of sp³-hybridized carbons (Fsp3) is 0.227. The summed E-state index contributed by atoms with van der Waals surface area (Å²) in [4.78, 5) is 29.0. The lowest BCUT2D eigenvalue weighted by molar-refractivity contribution is -0.150. The highest BCUT2D eigenvalue weighted by molar-refractivity contribution is 7.13. The molecule has 28 heavy (non-hydrogen) atoms. The first kappa shape index (κ1) is 20.2. The van der Waals surface area contributed by atoms with Crippen molar-refractivity contribution in [2.75, 3.05) is 0 Å². The summed E-state index contributed by atoms with van der Waals surface area (Å²) in [5.41, 5.74) is 1.30. The van der Waals surface area contributed by atoms with Crippen molar-refractivity contribution in [1.29, 1.82) is 0 Å². The zero-order chi connectivity index (χ0) is 20.1. The lowest BCUT2D eigenvalue weighted by atomic mass is 9.79. The minimum atomic E-state index is -1.15. The van der Waals surface area contributed by atoms with Gasteiger partial charge in [-0.1, -0.05) is 54.1 Å². The van der Waals surface area contributed by atoms with Crippen LogP contribution < -0.4 is 0 Å². The van der Waals surface area contributed by atoms with Crippen LogP contribution in [-0.2, 0) is 22.4 Å². The minimum absolute atomic E-state index is 0.0404. The van der Waals surface area contributed by atoms with E-state index in [4.69, 9.17) is 11.6 Å². The molecular formula is C22H20ClNO3S. The number of carboxylic acid groups (broad SMARTS) is 1. The van der Waals surface area contributed by atoms with Gasteiger partial charge in [-0.2, -0.15) is 0 Å². The SMILES string of the molecule is CC(CC(=O)Cc1csc(-c2cccc(Cl)c2)n1)(Cc1ccccc1)C(=O)O. The average Bonchev–Trinajstić information content (AvgIpc) is 3.10. The Kier molecular flexibility index (Phi) is 6.27. The Morgan fingerprint density at radius 2 is 1.89 bits per heavy atom. The number of carbonyl (C=O) groups excluding carboxylic acids is 1. The summed E-state index contributed by atoms with van der Waals surface area (Å²) >= 11 is 7.46. The molecule has 2 aromatic carbocycles. The highest BCUT2D eigenvalue weighted by Crippen LogP contribution is 2.30. The molecule has 1 N–H and O–H groups in total. The van der Waals surface area contributed by atoms with Crippen LogP contribution in [-0.4, -0.2) is 21.8 Å². The molecule has 0 aliphatic carbocycles. The average molecular weight is 414 g/mol. The van der Waals surface area contributed by atoms with Crippen LogP contribution in [0.5, 0.6) is 0 Å². The highest BCUT2D eigenvalue weighted by atomic mass is 35.5. The number of rotatable bonds is 8. The Morgan fingerprint density at radius 3 is 2.57 bits per heavy atom. The van der Waals surface area contributed by atoms with Crippen LogP contribution in [0, 0.1) is 5.41 Å². The van der Waals surface area contributed by atoms with Crippen molar-refractivity contribution in [2.45, 2.75) is 26.2 Å². The fourth-order valence-electron chi connectivity index (χ4n) is 3.10. The number of ketones is 1. The van der Waals surface area contributed by atoms with Crippen LogP contribution in [0.3, 0.4) is 0 Å². The number of thiazole rings is 1. The Morgan fingerprint density at radius 1 is 1.14 bits per heavy atom. The molecule has 1 heterocycles. The number of halogens is 1. The molecule has 0 spiro atoms. The maximum absolute atomic E-state index is 12.6. The molecule has 0 saturated heterocycles. The van der Waals surface area contributed by atoms with Crippen LogP contribution in [0.4, 0.5) is 0 Å². The van der Waals surface area contributed by atoms with Crippen molar-refractivity contribution in [1.82, 2.24) is 4.98 Å². The van der Waals surface area contributed by atoms with E-state index in [1.165, 1.54) is 11.3 Å². The van der Waals surface area contributed by atoms with Gasteiger partial charge in [0.2, 0.25) is 0 Å². The molecule has 0 bridgehead atoms. The van der Waals surface area contributed by atoms with Crippen molar-refractivity contribution in [2.24, 2.45) is 5.41 Å². The molecule has 6 heteroatoms. The molecule has 0 amide bonds. The van der Waals surface area contributed by atoms with Gasteiger partial charge in [0.15, 0.2) is 0 Å². The second-order valence-corrected chi connectivity index (χ2v) is 8.37. The Bertz CT molecular complexity index is 986. The smallest absolute Gasteiger partial charge is 0.310 e. The van der Waals surface area contributed by atoms with Crippen LogP contribution in [0.2, 0.25) is 5.02 Å². The minimum Gasteiger partial charge on any atom is -0.481 e. The zero-order valence-electron chi connectivity index (χ0n) is 15.4. The second kappa shape index (κ2) is 8.67. The molecule has 0 aliphatic heterocycles. The number of benzene rings is 2. The lowest BCUT2D eigenvalue weighted by Gasteiger charge is -2.24. The molecule has 3 aromatic rings. The van der Waals surface area contributed by atoms with E-state index >= 15 is 0 Å². The quantitative estimate of drug-likeness (QED) is 0.544. The van der Waals surface area contributed by atoms with E-state index in [-0.39, 0.29) is 18.6 Å². The predicted octanol–water partition coefficient (Wildman–Crippen LogP) is 5.30. The summed E-state index contributed by atoms with van der Waals surface area (Å²) in [7, 11) is 0. The van der Waals surface area contributed by atoms with Crippen LogP contribution in [0.15, 0.2) is 60.0 Å². The van der Waals surface area contributed by atoms with Gasteiger partial charge < -0.3 is 5.11 Å². The van der Waals surface area contributed by atoms with Crippen LogP contribution in [0.25, 0.3) is 10.6 Å². The van der Waals surface area contributed by atoms with Gasteiger partial charge in [-0.15, -0.1) is 11.3 Å². The van der Waals surface area contributed by atoms with E-state index in [0.717, 1.165) is 16.1 Å². The van der Waals surface area contributed by atoms with E-state index in [2.05, 4.69) is 4.98 Å². The van der Waals surface area contributed by atoms with E-state index in [9.17, 15) is 14.7 Å². The summed E-state index contributed by atoms with van der Waals surface area (Å²) in [6.07, 6.45) is 0.385. The van der Waals surface area contributed by atoms with Crippen molar-refractivity contribution < 1.29 is 14.7 Å². The number of hydrogen-bond donors (Lipinski definition) is 1.